The second kappa shape index (κ2) is 8.46. The molecule has 174 valence electrons. The Kier molecular flexibility index (Phi) is 6.00. The fourth-order valence-electron chi connectivity index (χ4n) is 4.95. The Balaban J connectivity index is 1.44. The highest BCUT2D eigenvalue weighted by Crippen LogP contribution is 2.59. The van der Waals surface area contributed by atoms with Gasteiger partial charge in [0.15, 0.2) is 0 Å². The molecule has 1 aromatic carbocycles. The number of allylic oxidation sites excluding steroid dienone is 1. The van der Waals surface area contributed by atoms with E-state index < -0.39 is 28.9 Å². The number of carbonyl (C=O) groups excluding carboxylic acids is 1. The average molecular weight is 447 g/mol. The number of epoxide rings is 2. The van der Waals surface area contributed by atoms with Gasteiger partial charge in [-0.3, -0.25) is 10.1 Å². The summed E-state index contributed by atoms with van der Waals surface area (Å²) in [5, 5.41) is 10.8. The molecule has 0 N–H and O–H groups in total. The van der Waals surface area contributed by atoms with E-state index >= 15 is 0 Å². The van der Waals surface area contributed by atoms with Crippen LogP contribution < -0.4 is 4.74 Å². The van der Waals surface area contributed by atoms with Gasteiger partial charge in [0.1, 0.15) is 29.2 Å². The van der Waals surface area contributed by atoms with E-state index in [4.69, 9.17) is 23.7 Å². The topological polar surface area (TPSA) is 113 Å². The number of non-ortho nitro benzene ring substituents is 1. The number of carbonyl (C=O) groups is 1. The molecule has 6 atom stereocenters. The predicted molar refractivity (Wildman–Crippen MR) is 114 cm³/mol. The third kappa shape index (κ3) is 4.37. The molecule has 0 radical (unpaired) electrons. The summed E-state index contributed by atoms with van der Waals surface area (Å²) in [6.45, 7) is 6.84. The molecule has 2 aliphatic heterocycles. The molecule has 1 spiro atoms. The van der Waals surface area contributed by atoms with Crippen molar-refractivity contribution in [3.63, 3.8) is 0 Å². The first-order valence-electron chi connectivity index (χ1n) is 10.8. The number of hydrogen-bond donors (Lipinski definition) is 0. The Morgan fingerprint density at radius 2 is 2.00 bits per heavy atom. The quantitative estimate of drug-likeness (QED) is 0.153. The summed E-state index contributed by atoms with van der Waals surface area (Å²) in [5.74, 6) is 0.0877. The van der Waals surface area contributed by atoms with Gasteiger partial charge in [0, 0.05) is 19.2 Å². The average Bonchev–Trinajstić information content (AvgIpc) is 3.65. The van der Waals surface area contributed by atoms with Gasteiger partial charge in [-0.05, 0) is 52.2 Å². The Labute approximate surface area is 186 Å². The standard InChI is InChI=1S/C23H29NO8/c1-14(2)5-10-18-22(3,32-18)20-19(28-4)17(11-12-23(20)13-29-23)31-21(25)30-16-8-6-15(7-9-16)24(26)27/h5-9,17-20H,10-13H2,1-4H3/t17-,18-,19-,20-,22+,23?/m1/s1. The Morgan fingerprint density at radius 1 is 1.31 bits per heavy atom. The zero-order chi connectivity index (χ0) is 23.1. The molecule has 1 aromatic rings. The highest BCUT2D eigenvalue weighted by Gasteiger charge is 2.72. The van der Waals surface area contributed by atoms with Gasteiger partial charge in [-0.25, -0.2) is 4.79 Å². The first kappa shape index (κ1) is 22.7. The van der Waals surface area contributed by atoms with Gasteiger partial charge in [0.05, 0.1) is 23.6 Å². The van der Waals surface area contributed by atoms with Gasteiger partial charge in [0.2, 0.25) is 0 Å². The van der Waals surface area contributed by atoms with Crippen molar-refractivity contribution in [1.82, 2.24) is 0 Å². The second-order valence-corrected chi connectivity index (χ2v) is 9.14. The van der Waals surface area contributed by atoms with Crippen molar-refractivity contribution in [3.8, 4) is 5.75 Å². The maximum atomic E-state index is 12.4. The molecule has 1 aliphatic carbocycles. The van der Waals surface area contributed by atoms with Crippen LogP contribution in [0, 0.1) is 16.0 Å². The van der Waals surface area contributed by atoms with Crippen LogP contribution in [0.3, 0.4) is 0 Å². The second-order valence-electron chi connectivity index (χ2n) is 9.14. The molecule has 0 aromatic heterocycles. The van der Waals surface area contributed by atoms with Gasteiger partial charge in [0.25, 0.3) is 5.69 Å². The minimum atomic E-state index is -0.875. The fraction of sp³-hybridized carbons (Fsp3) is 0.609. The minimum Gasteiger partial charge on any atom is -0.428 e. The van der Waals surface area contributed by atoms with Crippen LogP contribution >= 0.6 is 0 Å². The molecule has 9 heteroatoms. The Hall–Kier alpha value is -2.49. The normalized spacial score (nSPS) is 35.1. The zero-order valence-corrected chi connectivity index (χ0v) is 18.7. The molecule has 2 heterocycles. The number of nitro groups is 1. The first-order chi connectivity index (χ1) is 15.2. The predicted octanol–water partition coefficient (Wildman–Crippen LogP) is 4.19. The lowest BCUT2D eigenvalue weighted by Gasteiger charge is -2.42. The van der Waals surface area contributed by atoms with Gasteiger partial charge in [-0.15, -0.1) is 0 Å². The number of methoxy groups -OCH3 is 1. The van der Waals surface area contributed by atoms with E-state index in [-0.39, 0.29) is 29.1 Å². The molecular formula is C23H29NO8. The molecule has 4 rings (SSSR count). The van der Waals surface area contributed by atoms with Crippen LogP contribution in [0.25, 0.3) is 0 Å². The van der Waals surface area contributed by atoms with Crippen molar-refractivity contribution in [2.45, 2.75) is 69.5 Å². The first-order valence-corrected chi connectivity index (χ1v) is 10.8. The molecule has 2 saturated heterocycles. The van der Waals surface area contributed by atoms with Crippen LogP contribution in [0.15, 0.2) is 35.9 Å². The SMILES string of the molecule is CO[C@@H]1[C@H](OC(=O)Oc2ccc([N+](=O)[O-])cc2)CCC2(CO2)[C@H]1[C@@]1(C)O[C@@H]1CC=C(C)C. The molecule has 3 aliphatic rings. The molecule has 0 bridgehead atoms. The van der Waals surface area contributed by atoms with Crippen LogP contribution in [0.5, 0.6) is 5.75 Å². The maximum Gasteiger partial charge on any atom is 0.514 e. The van der Waals surface area contributed by atoms with Crippen molar-refractivity contribution >= 4 is 11.8 Å². The summed E-state index contributed by atoms with van der Waals surface area (Å²) in [5.41, 5.74) is 0.419. The number of ether oxygens (including phenoxy) is 5. The number of nitrogens with zero attached hydrogens (tertiary/aromatic N) is 1. The zero-order valence-electron chi connectivity index (χ0n) is 18.7. The van der Waals surface area contributed by atoms with Crippen molar-refractivity contribution in [2.75, 3.05) is 13.7 Å². The summed E-state index contributed by atoms with van der Waals surface area (Å²) in [6, 6.07) is 5.25. The highest BCUT2D eigenvalue weighted by molar-refractivity contribution is 5.64. The Bertz CT molecular complexity index is 905. The van der Waals surface area contributed by atoms with E-state index in [1.165, 1.54) is 29.8 Å². The van der Waals surface area contributed by atoms with Gasteiger partial charge in [-0.2, -0.15) is 0 Å². The monoisotopic (exact) mass is 447 g/mol. The van der Waals surface area contributed by atoms with E-state index in [9.17, 15) is 14.9 Å². The Morgan fingerprint density at radius 3 is 2.56 bits per heavy atom. The largest absolute Gasteiger partial charge is 0.514 e. The van der Waals surface area contributed by atoms with Crippen LogP contribution in [-0.4, -0.2) is 54.3 Å². The van der Waals surface area contributed by atoms with E-state index in [1.807, 2.05) is 0 Å². The van der Waals surface area contributed by atoms with Gasteiger partial charge >= 0.3 is 6.16 Å². The number of nitro benzene ring substituents is 1. The lowest BCUT2D eigenvalue weighted by atomic mass is 9.68. The smallest absolute Gasteiger partial charge is 0.428 e. The maximum absolute atomic E-state index is 12.4. The van der Waals surface area contributed by atoms with Crippen LogP contribution in [0.2, 0.25) is 0 Å². The molecule has 1 saturated carbocycles. The lowest BCUT2D eigenvalue weighted by Crippen LogP contribution is -2.55. The third-order valence-corrected chi connectivity index (χ3v) is 6.73. The summed E-state index contributed by atoms with van der Waals surface area (Å²) in [7, 11) is 1.61. The third-order valence-electron chi connectivity index (χ3n) is 6.73. The molecule has 1 unspecified atom stereocenters. The highest BCUT2D eigenvalue weighted by atomic mass is 16.7. The van der Waals surface area contributed by atoms with E-state index in [1.54, 1.807) is 7.11 Å². The summed E-state index contributed by atoms with van der Waals surface area (Å²) in [4.78, 5) is 22.7. The molecule has 0 amide bonds. The van der Waals surface area contributed by atoms with E-state index in [0.717, 1.165) is 12.8 Å². The molecular weight excluding hydrogens is 418 g/mol. The van der Waals surface area contributed by atoms with Crippen LogP contribution in [0.1, 0.15) is 40.0 Å². The summed E-state index contributed by atoms with van der Waals surface area (Å²) in [6.07, 6.45) is 2.56. The summed E-state index contributed by atoms with van der Waals surface area (Å²) >= 11 is 0. The van der Waals surface area contributed by atoms with Crippen molar-refractivity contribution < 1.29 is 33.4 Å². The lowest BCUT2D eigenvalue weighted by molar-refractivity contribution is -0.384. The summed E-state index contributed by atoms with van der Waals surface area (Å²) < 4.78 is 28.8. The van der Waals surface area contributed by atoms with Crippen molar-refractivity contribution in [3.05, 3.63) is 46.0 Å². The van der Waals surface area contributed by atoms with Gasteiger partial charge < -0.3 is 23.7 Å². The van der Waals surface area contributed by atoms with Crippen LogP contribution in [0.4, 0.5) is 10.5 Å². The van der Waals surface area contributed by atoms with Crippen molar-refractivity contribution in [2.24, 2.45) is 5.92 Å². The minimum absolute atomic E-state index is 0.0620. The number of hydrogen-bond acceptors (Lipinski definition) is 8. The van der Waals surface area contributed by atoms with E-state index in [2.05, 4.69) is 26.8 Å². The van der Waals surface area contributed by atoms with Crippen molar-refractivity contribution in [1.29, 1.82) is 0 Å². The fourth-order valence-corrected chi connectivity index (χ4v) is 4.95. The molecule has 9 nitrogen and oxygen atoms in total. The number of benzene rings is 1. The molecule has 3 fully saturated rings. The molecule has 32 heavy (non-hydrogen) atoms. The van der Waals surface area contributed by atoms with Gasteiger partial charge in [-0.1, -0.05) is 11.6 Å². The van der Waals surface area contributed by atoms with Crippen LogP contribution in [-0.2, 0) is 18.9 Å². The van der Waals surface area contributed by atoms with E-state index in [0.29, 0.717) is 13.0 Å². The number of rotatable bonds is 7.